The first-order chi connectivity index (χ1) is 8.61. The van der Waals surface area contributed by atoms with E-state index in [1.165, 1.54) is 0 Å². The van der Waals surface area contributed by atoms with Gasteiger partial charge in [-0.25, -0.2) is 4.98 Å². The van der Waals surface area contributed by atoms with E-state index in [0.717, 1.165) is 0 Å². The van der Waals surface area contributed by atoms with Crippen molar-refractivity contribution in [3.05, 3.63) is 24.1 Å². The van der Waals surface area contributed by atoms with Crippen LogP contribution in [-0.2, 0) is 0 Å². The summed E-state index contributed by atoms with van der Waals surface area (Å²) in [6.45, 7) is 1.74. The van der Waals surface area contributed by atoms with Crippen LogP contribution in [0.15, 0.2) is 27.7 Å². The normalized spacial score (nSPS) is 11.2. The van der Waals surface area contributed by atoms with Gasteiger partial charge in [0.05, 0.1) is 5.69 Å². The highest BCUT2D eigenvalue weighted by Gasteiger charge is 2.07. The average molecular weight is 242 g/mol. The molecule has 0 radical (unpaired) electrons. The van der Waals surface area contributed by atoms with Crippen LogP contribution >= 0.6 is 0 Å². The summed E-state index contributed by atoms with van der Waals surface area (Å²) in [7, 11) is 0. The Kier molecular flexibility index (Phi) is 2.93. The number of fused-ring (bicyclic) bond motifs is 1. The molecule has 0 aliphatic rings. The molecule has 7 nitrogen and oxygen atoms in total. The number of rotatable bonds is 3. The highest BCUT2D eigenvalue weighted by molar-refractivity contribution is 6.45. The van der Waals surface area contributed by atoms with Gasteiger partial charge in [0.25, 0.3) is 0 Å². The molecule has 0 bridgehead atoms. The number of hydrogen-bond acceptors (Lipinski definition) is 6. The molecule has 7 heteroatoms. The standard InChI is InChI=1S/C11H10N6O/c1-6-15-10-7(3-2-4-9(10)18-6)16-17-8(5-12)11(13)14/h2-4,16H,1H3,(H3,13,14)/b17-8+. The van der Waals surface area contributed by atoms with Crippen molar-refractivity contribution in [3.8, 4) is 6.07 Å². The Hall–Kier alpha value is -2.88. The van der Waals surface area contributed by atoms with Crippen molar-refractivity contribution in [2.45, 2.75) is 6.92 Å². The number of benzene rings is 1. The molecule has 90 valence electrons. The van der Waals surface area contributed by atoms with E-state index in [-0.39, 0.29) is 5.71 Å². The summed E-state index contributed by atoms with van der Waals surface area (Å²) in [5.74, 6) is 0.142. The fraction of sp³-hybridized carbons (Fsp3) is 0.0909. The molecule has 0 saturated carbocycles. The summed E-state index contributed by atoms with van der Waals surface area (Å²) in [6, 6.07) is 7.00. The maximum absolute atomic E-state index is 8.72. The number of hydrazone groups is 1. The molecule has 1 heterocycles. The monoisotopic (exact) mass is 242 g/mol. The Morgan fingerprint density at radius 2 is 2.39 bits per heavy atom. The van der Waals surface area contributed by atoms with Crippen molar-refractivity contribution in [2.75, 3.05) is 5.43 Å². The summed E-state index contributed by atoms with van der Waals surface area (Å²) in [6.07, 6.45) is 0. The van der Waals surface area contributed by atoms with Crippen LogP contribution in [0.1, 0.15) is 5.89 Å². The van der Waals surface area contributed by atoms with Crippen LogP contribution in [0, 0.1) is 23.7 Å². The van der Waals surface area contributed by atoms with Crippen molar-refractivity contribution >= 4 is 28.3 Å². The van der Waals surface area contributed by atoms with Crippen molar-refractivity contribution in [1.29, 1.82) is 10.7 Å². The van der Waals surface area contributed by atoms with Crippen molar-refractivity contribution in [2.24, 2.45) is 10.8 Å². The molecule has 4 N–H and O–H groups in total. The van der Waals surface area contributed by atoms with Crippen molar-refractivity contribution in [1.82, 2.24) is 4.98 Å². The molecule has 0 spiro atoms. The van der Waals surface area contributed by atoms with Gasteiger partial charge in [-0.2, -0.15) is 10.4 Å². The number of aromatic nitrogens is 1. The first-order valence-corrected chi connectivity index (χ1v) is 5.06. The highest BCUT2D eigenvalue weighted by atomic mass is 16.3. The first kappa shape index (κ1) is 11.6. The van der Waals surface area contributed by atoms with Gasteiger partial charge >= 0.3 is 0 Å². The molecule has 0 aliphatic heterocycles. The van der Waals surface area contributed by atoms with Crippen LogP contribution in [0.5, 0.6) is 0 Å². The Morgan fingerprint density at radius 3 is 3.06 bits per heavy atom. The average Bonchev–Trinajstić information content (AvgIpc) is 2.70. The van der Waals surface area contributed by atoms with E-state index in [1.807, 2.05) is 0 Å². The molecule has 18 heavy (non-hydrogen) atoms. The number of aryl methyl sites for hydroxylation is 1. The van der Waals surface area contributed by atoms with E-state index in [9.17, 15) is 0 Å². The predicted octanol–water partition coefficient (Wildman–Crippen LogP) is 1.36. The van der Waals surface area contributed by atoms with Gasteiger partial charge < -0.3 is 10.2 Å². The van der Waals surface area contributed by atoms with Crippen LogP contribution in [0.25, 0.3) is 11.1 Å². The molecule has 2 aromatic rings. The smallest absolute Gasteiger partial charge is 0.201 e. The number of nitrogens with two attached hydrogens (primary N) is 1. The summed E-state index contributed by atoms with van der Waals surface area (Å²) < 4.78 is 5.36. The largest absolute Gasteiger partial charge is 0.441 e. The van der Waals surface area contributed by atoms with Gasteiger partial charge in [-0.1, -0.05) is 6.07 Å². The predicted molar refractivity (Wildman–Crippen MR) is 67.3 cm³/mol. The van der Waals surface area contributed by atoms with Gasteiger partial charge in [0.15, 0.2) is 17.3 Å². The van der Waals surface area contributed by atoms with Crippen molar-refractivity contribution in [3.63, 3.8) is 0 Å². The maximum atomic E-state index is 8.72. The Labute approximate surface area is 102 Å². The van der Waals surface area contributed by atoms with Crippen molar-refractivity contribution < 1.29 is 4.42 Å². The van der Waals surface area contributed by atoms with Gasteiger partial charge in [0, 0.05) is 6.92 Å². The molecule has 2 rings (SSSR count). The molecule has 0 fully saturated rings. The van der Waals surface area contributed by atoms with Crippen LogP contribution in [-0.4, -0.2) is 16.5 Å². The van der Waals surface area contributed by atoms with E-state index in [1.54, 1.807) is 31.2 Å². The zero-order valence-corrected chi connectivity index (χ0v) is 9.56. The third kappa shape index (κ3) is 2.12. The lowest BCUT2D eigenvalue weighted by Crippen LogP contribution is -2.21. The van der Waals surface area contributed by atoms with Crippen LogP contribution in [0.2, 0.25) is 0 Å². The minimum Gasteiger partial charge on any atom is -0.441 e. The van der Waals surface area contributed by atoms with Crippen LogP contribution < -0.4 is 11.2 Å². The lowest BCUT2D eigenvalue weighted by Gasteiger charge is -2.00. The molecule has 0 aliphatic carbocycles. The van der Waals surface area contributed by atoms with Crippen LogP contribution in [0.3, 0.4) is 0 Å². The van der Waals surface area contributed by atoms with Gasteiger partial charge in [-0.3, -0.25) is 10.8 Å². The summed E-state index contributed by atoms with van der Waals surface area (Å²) in [5.41, 5.74) is 9.46. The Morgan fingerprint density at radius 1 is 1.61 bits per heavy atom. The minimum absolute atomic E-state index is 0.188. The lowest BCUT2D eigenvalue weighted by atomic mass is 10.3. The quantitative estimate of drug-likeness (QED) is 0.426. The molecule has 0 unspecified atom stereocenters. The highest BCUT2D eigenvalue weighted by Crippen LogP contribution is 2.23. The van der Waals surface area contributed by atoms with Gasteiger partial charge in [-0.05, 0) is 12.1 Å². The van der Waals surface area contributed by atoms with Crippen LogP contribution in [0.4, 0.5) is 5.69 Å². The second-order valence-electron chi connectivity index (χ2n) is 3.48. The number of anilines is 1. The lowest BCUT2D eigenvalue weighted by molar-refractivity contribution is 0.561. The molecule has 0 amide bonds. The number of nitriles is 1. The maximum Gasteiger partial charge on any atom is 0.201 e. The number of nitrogens with one attached hydrogen (secondary N) is 2. The van der Waals surface area contributed by atoms with E-state index in [0.29, 0.717) is 22.7 Å². The number of hydrogen-bond donors (Lipinski definition) is 3. The number of nitrogens with zero attached hydrogens (tertiary/aromatic N) is 3. The number of para-hydroxylation sites is 1. The Balaban J connectivity index is 2.38. The second-order valence-corrected chi connectivity index (χ2v) is 3.48. The summed E-state index contributed by atoms with van der Waals surface area (Å²) in [4.78, 5) is 4.20. The summed E-state index contributed by atoms with van der Waals surface area (Å²) >= 11 is 0. The molecular weight excluding hydrogens is 232 g/mol. The molecule has 1 aromatic heterocycles. The SMILES string of the molecule is Cc1nc2c(N/N=C(\C#N)C(=N)N)cccc2o1. The molecular formula is C11H10N6O. The van der Waals surface area contributed by atoms with E-state index in [2.05, 4.69) is 15.5 Å². The van der Waals surface area contributed by atoms with E-state index < -0.39 is 5.84 Å². The van der Waals surface area contributed by atoms with Gasteiger partial charge in [0.1, 0.15) is 11.6 Å². The van der Waals surface area contributed by atoms with E-state index in [4.69, 9.17) is 20.8 Å². The minimum atomic E-state index is -0.395. The fourth-order valence-corrected chi connectivity index (χ4v) is 1.41. The van der Waals surface area contributed by atoms with Gasteiger partial charge in [-0.15, -0.1) is 0 Å². The third-order valence-corrected chi connectivity index (χ3v) is 2.18. The summed E-state index contributed by atoms with van der Waals surface area (Å²) in [5, 5.41) is 19.6. The molecule has 1 aromatic carbocycles. The zero-order valence-electron chi connectivity index (χ0n) is 9.56. The van der Waals surface area contributed by atoms with E-state index >= 15 is 0 Å². The Bertz CT molecular complexity index is 678. The fourth-order valence-electron chi connectivity index (χ4n) is 1.41. The topological polar surface area (TPSA) is 124 Å². The number of amidine groups is 1. The van der Waals surface area contributed by atoms with Gasteiger partial charge in [0.2, 0.25) is 5.71 Å². The zero-order chi connectivity index (χ0) is 13.1. The second kappa shape index (κ2) is 4.55. The molecule has 0 saturated heterocycles. The first-order valence-electron chi connectivity index (χ1n) is 5.06. The molecule has 0 atom stereocenters. The number of oxazole rings is 1. The third-order valence-electron chi connectivity index (χ3n) is 2.18.